The van der Waals surface area contributed by atoms with Gasteiger partial charge in [0.2, 0.25) is 0 Å². The van der Waals surface area contributed by atoms with Crippen molar-refractivity contribution in [2.75, 3.05) is 67.2 Å². The topological polar surface area (TPSA) is 68.5 Å². The maximum atomic E-state index is 13.5. The number of aromatic nitrogens is 2. The van der Waals surface area contributed by atoms with Crippen LogP contribution in [0.15, 0.2) is 30.3 Å². The fourth-order valence-electron chi connectivity index (χ4n) is 3.73. The Morgan fingerprint density at radius 3 is 1.93 bits per heavy atom. The average Bonchev–Trinajstić information content (AvgIpc) is 2.79. The van der Waals surface area contributed by atoms with Gasteiger partial charge < -0.3 is 19.4 Å². The van der Waals surface area contributed by atoms with Gasteiger partial charge in [-0.1, -0.05) is 0 Å². The fraction of sp³-hybridized carbons (Fsp3) is 0.450. The zero-order chi connectivity index (χ0) is 21.1. The molecule has 30 heavy (non-hydrogen) atoms. The molecule has 2 aliphatic heterocycles. The van der Waals surface area contributed by atoms with Crippen LogP contribution in [-0.2, 0) is 10.9 Å². The molecule has 0 unspecified atom stereocenters. The predicted molar refractivity (Wildman–Crippen MR) is 106 cm³/mol. The molecule has 0 amide bonds. The molecule has 10 heteroatoms. The SMILES string of the molecule is N#Cc1ccc(N2CCN(c3ccc(N4CCOCC4)nn3)CC2)c(C(F)(F)F)c1. The standard InChI is InChI=1S/C20H21F3N6O/c21-20(22,23)16-13-15(14-24)1-2-17(16)27-5-7-28(8-6-27)18-3-4-19(26-25-18)29-9-11-30-12-10-29/h1-4,13H,5-12H2. The molecule has 3 heterocycles. The van der Waals surface area contributed by atoms with Gasteiger partial charge in [-0.05, 0) is 30.3 Å². The minimum Gasteiger partial charge on any atom is -0.378 e. The monoisotopic (exact) mass is 418 g/mol. The van der Waals surface area contributed by atoms with E-state index in [1.807, 2.05) is 17.0 Å². The quantitative estimate of drug-likeness (QED) is 0.759. The highest BCUT2D eigenvalue weighted by Crippen LogP contribution is 2.37. The summed E-state index contributed by atoms with van der Waals surface area (Å²) in [5.74, 6) is 1.51. The summed E-state index contributed by atoms with van der Waals surface area (Å²) < 4.78 is 45.8. The third-order valence-corrected chi connectivity index (χ3v) is 5.35. The number of morpholine rings is 1. The van der Waals surface area contributed by atoms with Crippen LogP contribution in [0.25, 0.3) is 0 Å². The van der Waals surface area contributed by atoms with Crippen molar-refractivity contribution >= 4 is 17.3 Å². The first-order valence-electron chi connectivity index (χ1n) is 9.73. The highest BCUT2D eigenvalue weighted by atomic mass is 19.4. The normalized spacial score (nSPS) is 17.7. The van der Waals surface area contributed by atoms with Crippen LogP contribution in [0.1, 0.15) is 11.1 Å². The number of anilines is 3. The molecule has 0 atom stereocenters. The van der Waals surface area contributed by atoms with E-state index in [1.54, 1.807) is 11.0 Å². The Kier molecular flexibility index (Phi) is 5.63. The van der Waals surface area contributed by atoms with E-state index in [9.17, 15) is 13.2 Å². The minimum absolute atomic E-state index is 0.000318. The highest BCUT2D eigenvalue weighted by Gasteiger charge is 2.36. The molecule has 2 aliphatic rings. The Morgan fingerprint density at radius 1 is 0.833 bits per heavy atom. The summed E-state index contributed by atoms with van der Waals surface area (Å²) >= 11 is 0. The van der Waals surface area contributed by atoms with E-state index in [4.69, 9.17) is 10.00 Å². The molecule has 0 bridgehead atoms. The van der Waals surface area contributed by atoms with Gasteiger partial charge in [-0.25, -0.2) is 0 Å². The molecule has 7 nitrogen and oxygen atoms in total. The molecule has 1 aromatic heterocycles. The van der Waals surface area contributed by atoms with E-state index in [-0.39, 0.29) is 11.3 Å². The lowest BCUT2D eigenvalue weighted by molar-refractivity contribution is -0.137. The van der Waals surface area contributed by atoms with E-state index in [1.165, 1.54) is 12.1 Å². The van der Waals surface area contributed by atoms with Gasteiger partial charge in [-0.2, -0.15) is 18.4 Å². The molecule has 0 spiro atoms. The number of nitriles is 1. The third kappa shape index (κ3) is 4.26. The molecule has 2 fully saturated rings. The maximum Gasteiger partial charge on any atom is 0.418 e. The predicted octanol–water partition coefficient (Wildman–Crippen LogP) is 2.53. The highest BCUT2D eigenvalue weighted by molar-refractivity contribution is 5.59. The number of hydrogen-bond donors (Lipinski definition) is 0. The van der Waals surface area contributed by atoms with Gasteiger partial charge in [0.25, 0.3) is 0 Å². The van der Waals surface area contributed by atoms with Crippen molar-refractivity contribution in [3.63, 3.8) is 0 Å². The Bertz CT molecular complexity index is 914. The summed E-state index contributed by atoms with van der Waals surface area (Å²) in [6.07, 6.45) is -4.51. The number of alkyl halides is 3. The number of benzene rings is 1. The van der Waals surface area contributed by atoms with Crippen LogP contribution in [0.4, 0.5) is 30.5 Å². The Hall–Kier alpha value is -3.06. The molecular weight excluding hydrogens is 397 g/mol. The van der Waals surface area contributed by atoms with E-state index >= 15 is 0 Å². The fourth-order valence-corrected chi connectivity index (χ4v) is 3.73. The van der Waals surface area contributed by atoms with Crippen LogP contribution < -0.4 is 14.7 Å². The number of piperazine rings is 1. The summed E-state index contributed by atoms with van der Waals surface area (Å²) in [5.41, 5.74) is -0.667. The lowest BCUT2D eigenvalue weighted by Crippen LogP contribution is -2.47. The molecule has 2 aromatic rings. The molecule has 0 radical (unpaired) electrons. The summed E-state index contributed by atoms with van der Waals surface area (Å²) in [7, 11) is 0. The van der Waals surface area contributed by atoms with Crippen molar-refractivity contribution in [3.8, 4) is 6.07 Å². The average molecular weight is 418 g/mol. The molecule has 0 N–H and O–H groups in total. The first-order valence-corrected chi connectivity index (χ1v) is 9.73. The Morgan fingerprint density at radius 2 is 1.40 bits per heavy atom. The molecule has 158 valence electrons. The number of rotatable bonds is 3. The van der Waals surface area contributed by atoms with E-state index in [0.29, 0.717) is 45.2 Å². The van der Waals surface area contributed by atoms with Crippen molar-refractivity contribution in [1.29, 1.82) is 5.26 Å². The molecule has 0 saturated carbocycles. The number of halogens is 3. The van der Waals surface area contributed by atoms with Crippen LogP contribution in [0, 0.1) is 11.3 Å². The summed E-state index contributed by atoms with van der Waals surface area (Å²) in [4.78, 5) is 5.83. The second kappa shape index (κ2) is 8.36. The lowest BCUT2D eigenvalue weighted by atomic mass is 10.1. The zero-order valence-electron chi connectivity index (χ0n) is 16.3. The number of ether oxygens (including phenoxy) is 1. The first kappa shape index (κ1) is 20.2. The van der Waals surface area contributed by atoms with Crippen LogP contribution in [0.3, 0.4) is 0 Å². The van der Waals surface area contributed by atoms with Crippen LogP contribution in [0.5, 0.6) is 0 Å². The van der Waals surface area contributed by atoms with Crippen LogP contribution in [-0.4, -0.2) is 62.7 Å². The van der Waals surface area contributed by atoms with E-state index in [0.717, 1.165) is 25.0 Å². The molecule has 0 aliphatic carbocycles. The van der Waals surface area contributed by atoms with Gasteiger partial charge in [-0.15, -0.1) is 10.2 Å². The van der Waals surface area contributed by atoms with Crippen molar-refractivity contribution in [3.05, 3.63) is 41.5 Å². The van der Waals surface area contributed by atoms with E-state index < -0.39 is 11.7 Å². The largest absolute Gasteiger partial charge is 0.418 e. The number of hydrogen-bond acceptors (Lipinski definition) is 7. The van der Waals surface area contributed by atoms with Gasteiger partial charge in [0, 0.05) is 45.0 Å². The van der Waals surface area contributed by atoms with Crippen molar-refractivity contribution in [2.24, 2.45) is 0 Å². The lowest BCUT2D eigenvalue weighted by Gasteiger charge is -2.37. The molecule has 4 rings (SSSR count). The van der Waals surface area contributed by atoms with E-state index in [2.05, 4.69) is 15.1 Å². The summed E-state index contributed by atoms with van der Waals surface area (Å²) in [6, 6.07) is 9.31. The van der Waals surface area contributed by atoms with Crippen molar-refractivity contribution < 1.29 is 17.9 Å². The van der Waals surface area contributed by atoms with Crippen LogP contribution >= 0.6 is 0 Å². The minimum atomic E-state index is -4.51. The van der Waals surface area contributed by atoms with Gasteiger partial charge in [0.1, 0.15) is 0 Å². The van der Waals surface area contributed by atoms with Crippen molar-refractivity contribution in [2.45, 2.75) is 6.18 Å². The summed E-state index contributed by atoms with van der Waals surface area (Å²) in [6.45, 7) is 4.79. The van der Waals surface area contributed by atoms with Gasteiger partial charge in [-0.3, -0.25) is 0 Å². The molecular formula is C20H21F3N6O. The second-order valence-electron chi connectivity index (χ2n) is 7.16. The van der Waals surface area contributed by atoms with Crippen LogP contribution in [0.2, 0.25) is 0 Å². The van der Waals surface area contributed by atoms with Crippen molar-refractivity contribution in [1.82, 2.24) is 10.2 Å². The third-order valence-electron chi connectivity index (χ3n) is 5.35. The molecule has 2 saturated heterocycles. The van der Waals surface area contributed by atoms with Gasteiger partial charge >= 0.3 is 6.18 Å². The second-order valence-corrected chi connectivity index (χ2v) is 7.16. The zero-order valence-corrected chi connectivity index (χ0v) is 16.3. The molecule has 1 aromatic carbocycles. The maximum absolute atomic E-state index is 13.5. The smallest absolute Gasteiger partial charge is 0.378 e. The first-order chi connectivity index (χ1) is 14.5. The Balaban J connectivity index is 1.44. The Labute approximate surface area is 172 Å². The van der Waals surface area contributed by atoms with Gasteiger partial charge in [0.05, 0.1) is 30.4 Å². The number of nitrogens with zero attached hydrogens (tertiary/aromatic N) is 6. The summed E-state index contributed by atoms with van der Waals surface area (Å²) in [5, 5.41) is 17.6. The van der Waals surface area contributed by atoms with Gasteiger partial charge in [0.15, 0.2) is 11.6 Å².